The minimum Gasteiger partial charge on any atom is -0.317 e. The molecule has 0 aromatic carbocycles. The number of hydrogen-bond donors (Lipinski definition) is 1. The molecule has 1 heterocycles. The van der Waals surface area contributed by atoms with Gasteiger partial charge in [0, 0.05) is 6.54 Å². The van der Waals surface area contributed by atoms with E-state index in [0.717, 1.165) is 18.4 Å². The molecule has 2 aliphatic rings. The highest BCUT2D eigenvalue weighted by Gasteiger charge is 2.21. The topological polar surface area (TPSA) is 15.3 Å². The maximum absolute atomic E-state index is 3.50. The van der Waals surface area contributed by atoms with Crippen molar-refractivity contribution < 1.29 is 0 Å². The summed E-state index contributed by atoms with van der Waals surface area (Å²) in [6, 6.07) is 0. The standard InChI is InChI=1S/C16H32N2/c1-2-17-13-15-9-11-18(12-10-15)14-16-7-5-3-4-6-8-16/h15-17H,2-14H2,1H3. The second kappa shape index (κ2) is 8.16. The Hall–Kier alpha value is -0.0800. The van der Waals surface area contributed by atoms with Gasteiger partial charge in [-0.3, -0.25) is 0 Å². The maximum Gasteiger partial charge on any atom is 0.000966 e. The van der Waals surface area contributed by atoms with Gasteiger partial charge in [-0.25, -0.2) is 0 Å². The Morgan fingerprint density at radius 1 is 0.889 bits per heavy atom. The molecule has 1 saturated heterocycles. The Bertz CT molecular complexity index is 201. The quantitative estimate of drug-likeness (QED) is 0.755. The van der Waals surface area contributed by atoms with Crippen molar-refractivity contribution in [1.29, 1.82) is 0 Å². The van der Waals surface area contributed by atoms with Crippen molar-refractivity contribution in [1.82, 2.24) is 10.2 Å². The highest BCUT2D eigenvalue weighted by Crippen LogP contribution is 2.25. The van der Waals surface area contributed by atoms with Crippen molar-refractivity contribution in [3.8, 4) is 0 Å². The normalized spacial score (nSPS) is 25.2. The van der Waals surface area contributed by atoms with Crippen LogP contribution in [0.2, 0.25) is 0 Å². The Labute approximate surface area is 114 Å². The minimum absolute atomic E-state index is 0.940. The largest absolute Gasteiger partial charge is 0.317 e. The molecule has 106 valence electrons. The van der Waals surface area contributed by atoms with Crippen LogP contribution >= 0.6 is 0 Å². The summed E-state index contributed by atoms with van der Waals surface area (Å²) in [6.07, 6.45) is 11.8. The Balaban J connectivity index is 1.63. The van der Waals surface area contributed by atoms with Crippen LogP contribution in [0.4, 0.5) is 0 Å². The summed E-state index contributed by atoms with van der Waals surface area (Å²) in [5.74, 6) is 1.95. The number of piperidine rings is 1. The lowest BCUT2D eigenvalue weighted by Crippen LogP contribution is -2.39. The van der Waals surface area contributed by atoms with Gasteiger partial charge in [0.25, 0.3) is 0 Å². The van der Waals surface area contributed by atoms with Crippen LogP contribution in [0.1, 0.15) is 58.3 Å². The second-order valence-corrected chi connectivity index (χ2v) is 6.41. The van der Waals surface area contributed by atoms with E-state index in [2.05, 4.69) is 17.1 Å². The molecule has 0 unspecified atom stereocenters. The van der Waals surface area contributed by atoms with Gasteiger partial charge in [0.15, 0.2) is 0 Å². The molecule has 0 spiro atoms. The van der Waals surface area contributed by atoms with Gasteiger partial charge in [-0.2, -0.15) is 0 Å². The highest BCUT2D eigenvalue weighted by molar-refractivity contribution is 4.76. The maximum atomic E-state index is 3.50. The van der Waals surface area contributed by atoms with Crippen LogP contribution in [0.5, 0.6) is 0 Å². The van der Waals surface area contributed by atoms with Gasteiger partial charge < -0.3 is 10.2 Å². The van der Waals surface area contributed by atoms with E-state index >= 15 is 0 Å². The predicted molar refractivity (Wildman–Crippen MR) is 78.9 cm³/mol. The monoisotopic (exact) mass is 252 g/mol. The molecule has 18 heavy (non-hydrogen) atoms. The zero-order valence-electron chi connectivity index (χ0n) is 12.3. The van der Waals surface area contributed by atoms with E-state index in [4.69, 9.17) is 0 Å². The molecule has 2 heteroatoms. The molecule has 1 saturated carbocycles. The van der Waals surface area contributed by atoms with Crippen LogP contribution in [0, 0.1) is 11.8 Å². The SMILES string of the molecule is CCNCC1CCN(CC2CCCCCC2)CC1. The third-order valence-corrected chi connectivity index (χ3v) is 4.88. The van der Waals surface area contributed by atoms with Gasteiger partial charge in [0.1, 0.15) is 0 Å². The average molecular weight is 252 g/mol. The Morgan fingerprint density at radius 2 is 1.56 bits per heavy atom. The molecule has 0 bridgehead atoms. The summed E-state index contributed by atoms with van der Waals surface area (Å²) in [5, 5.41) is 3.50. The van der Waals surface area contributed by atoms with Crippen LogP contribution in [0.15, 0.2) is 0 Å². The molecule has 0 amide bonds. The van der Waals surface area contributed by atoms with Gasteiger partial charge in [0.05, 0.1) is 0 Å². The predicted octanol–water partition coefficient (Wildman–Crippen LogP) is 3.28. The van der Waals surface area contributed by atoms with Gasteiger partial charge in [-0.05, 0) is 63.7 Å². The van der Waals surface area contributed by atoms with Gasteiger partial charge >= 0.3 is 0 Å². The van der Waals surface area contributed by atoms with Gasteiger partial charge in [0.2, 0.25) is 0 Å². The van der Waals surface area contributed by atoms with Crippen molar-refractivity contribution in [2.45, 2.75) is 58.3 Å². The van der Waals surface area contributed by atoms with Crippen molar-refractivity contribution >= 4 is 0 Å². The smallest absolute Gasteiger partial charge is 0.000966 e. The van der Waals surface area contributed by atoms with Crippen LogP contribution in [0.3, 0.4) is 0 Å². The summed E-state index contributed by atoms with van der Waals surface area (Å²) >= 11 is 0. The molecule has 2 fully saturated rings. The van der Waals surface area contributed by atoms with E-state index in [-0.39, 0.29) is 0 Å². The lowest BCUT2D eigenvalue weighted by atomic mass is 9.94. The molecular formula is C16H32N2. The zero-order valence-corrected chi connectivity index (χ0v) is 12.3. The first-order valence-corrected chi connectivity index (χ1v) is 8.31. The summed E-state index contributed by atoms with van der Waals surface area (Å²) in [4.78, 5) is 2.75. The fourth-order valence-corrected chi connectivity index (χ4v) is 3.63. The van der Waals surface area contributed by atoms with Crippen molar-refractivity contribution in [2.75, 3.05) is 32.7 Å². The minimum atomic E-state index is 0.940. The van der Waals surface area contributed by atoms with Gasteiger partial charge in [-0.15, -0.1) is 0 Å². The molecule has 2 rings (SSSR count). The number of nitrogens with zero attached hydrogens (tertiary/aromatic N) is 1. The lowest BCUT2D eigenvalue weighted by molar-refractivity contribution is 0.154. The average Bonchev–Trinajstić information content (AvgIpc) is 2.67. The number of hydrogen-bond acceptors (Lipinski definition) is 2. The van der Waals surface area contributed by atoms with E-state index < -0.39 is 0 Å². The van der Waals surface area contributed by atoms with Crippen LogP contribution in [-0.2, 0) is 0 Å². The summed E-state index contributed by atoms with van der Waals surface area (Å²) in [7, 11) is 0. The molecule has 1 N–H and O–H groups in total. The van der Waals surface area contributed by atoms with E-state index in [1.165, 1.54) is 77.5 Å². The fraction of sp³-hybridized carbons (Fsp3) is 1.00. The first-order chi connectivity index (χ1) is 8.88. The molecular weight excluding hydrogens is 220 g/mol. The number of likely N-dealkylation sites (tertiary alicyclic amines) is 1. The first kappa shape index (κ1) is 14.3. The fourth-order valence-electron chi connectivity index (χ4n) is 3.63. The van der Waals surface area contributed by atoms with Crippen LogP contribution in [0.25, 0.3) is 0 Å². The second-order valence-electron chi connectivity index (χ2n) is 6.41. The molecule has 0 atom stereocenters. The molecule has 0 aromatic heterocycles. The molecule has 1 aliphatic carbocycles. The zero-order chi connectivity index (χ0) is 12.6. The van der Waals surface area contributed by atoms with Crippen LogP contribution in [-0.4, -0.2) is 37.6 Å². The summed E-state index contributed by atoms with van der Waals surface area (Å²) in [6.45, 7) is 8.68. The molecule has 0 aromatic rings. The number of nitrogens with one attached hydrogen (secondary N) is 1. The van der Waals surface area contributed by atoms with E-state index in [1.807, 2.05) is 0 Å². The Kier molecular flexibility index (Phi) is 6.50. The third-order valence-electron chi connectivity index (χ3n) is 4.88. The molecule has 1 aliphatic heterocycles. The van der Waals surface area contributed by atoms with Gasteiger partial charge in [-0.1, -0.05) is 32.6 Å². The van der Waals surface area contributed by atoms with E-state index in [9.17, 15) is 0 Å². The van der Waals surface area contributed by atoms with Crippen molar-refractivity contribution in [3.05, 3.63) is 0 Å². The van der Waals surface area contributed by atoms with E-state index in [0.29, 0.717) is 0 Å². The number of rotatable bonds is 5. The molecule has 0 radical (unpaired) electrons. The third kappa shape index (κ3) is 4.89. The van der Waals surface area contributed by atoms with Crippen molar-refractivity contribution in [3.63, 3.8) is 0 Å². The highest BCUT2D eigenvalue weighted by atomic mass is 15.1. The lowest BCUT2D eigenvalue weighted by Gasteiger charge is -2.34. The van der Waals surface area contributed by atoms with Crippen molar-refractivity contribution in [2.24, 2.45) is 11.8 Å². The summed E-state index contributed by atoms with van der Waals surface area (Å²) < 4.78 is 0. The summed E-state index contributed by atoms with van der Waals surface area (Å²) in [5.41, 5.74) is 0. The first-order valence-electron chi connectivity index (χ1n) is 8.31. The Morgan fingerprint density at radius 3 is 2.17 bits per heavy atom. The van der Waals surface area contributed by atoms with E-state index in [1.54, 1.807) is 0 Å². The van der Waals surface area contributed by atoms with Crippen LogP contribution < -0.4 is 5.32 Å². The molecule has 2 nitrogen and oxygen atoms in total.